The summed E-state index contributed by atoms with van der Waals surface area (Å²) < 4.78 is 29.5. The second-order valence-corrected chi connectivity index (χ2v) is 7.91. The van der Waals surface area contributed by atoms with Gasteiger partial charge >= 0.3 is 0 Å². The minimum atomic E-state index is -3.73. The number of aromatic nitrogens is 2. The average Bonchev–Trinajstić information content (AvgIpc) is 2.98. The number of sulfonamides is 1. The monoisotopic (exact) mass is 375 g/mol. The van der Waals surface area contributed by atoms with Gasteiger partial charge in [0.05, 0.1) is 11.4 Å². The fourth-order valence-electron chi connectivity index (χ4n) is 2.51. The number of rotatable bonds is 5. The van der Waals surface area contributed by atoms with Crippen molar-refractivity contribution in [3.05, 3.63) is 76.4 Å². The van der Waals surface area contributed by atoms with Gasteiger partial charge in [-0.2, -0.15) is 5.10 Å². The Morgan fingerprint density at radius 2 is 1.80 bits per heavy atom. The average molecular weight is 376 g/mol. The SMILES string of the molecule is Cc1cc(S(=O)(=O)Nc2ccn(Cc3ccccc3)n2)c(C)cc1Cl. The number of benzene rings is 2. The highest BCUT2D eigenvalue weighted by molar-refractivity contribution is 7.92. The summed E-state index contributed by atoms with van der Waals surface area (Å²) in [6.45, 7) is 4.06. The summed E-state index contributed by atoms with van der Waals surface area (Å²) in [7, 11) is -3.73. The first kappa shape index (κ1) is 17.5. The first-order valence-corrected chi connectivity index (χ1v) is 9.58. The molecule has 0 amide bonds. The van der Waals surface area contributed by atoms with Crippen molar-refractivity contribution < 1.29 is 8.42 Å². The van der Waals surface area contributed by atoms with Gasteiger partial charge in [0.25, 0.3) is 10.0 Å². The first-order valence-electron chi connectivity index (χ1n) is 7.72. The Hall–Kier alpha value is -2.31. The lowest BCUT2D eigenvalue weighted by atomic mass is 10.2. The molecule has 0 fully saturated rings. The van der Waals surface area contributed by atoms with E-state index in [1.807, 2.05) is 30.3 Å². The highest BCUT2D eigenvalue weighted by Crippen LogP contribution is 2.25. The smallest absolute Gasteiger partial charge is 0.263 e. The molecule has 25 heavy (non-hydrogen) atoms. The Bertz CT molecular complexity index is 998. The number of hydrogen-bond acceptors (Lipinski definition) is 3. The van der Waals surface area contributed by atoms with E-state index in [-0.39, 0.29) is 10.7 Å². The Morgan fingerprint density at radius 1 is 1.08 bits per heavy atom. The molecule has 1 aromatic heterocycles. The highest BCUT2D eigenvalue weighted by Gasteiger charge is 2.19. The van der Waals surface area contributed by atoms with Crippen molar-refractivity contribution in [1.29, 1.82) is 0 Å². The Morgan fingerprint density at radius 3 is 2.52 bits per heavy atom. The molecule has 0 bridgehead atoms. The minimum absolute atomic E-state index is 0.201. The lowest BCUT2D eigenvalue weighted by Gasteiger charge is -2.10. The van der Waals surface area contributed by atoms with Crippen LogP contribution in [0, 0.1) is 13.8 Å². The van der Waals surface area contributed by atoms with Gasteiger partial charge in [0.1, 0.15) is 0 Å². The maximum absolute atomic E-state index is 12.7. The molecule has 0 radical (unpaired) electrons. The number of nitrogens with zero attached hydrogens (tertiary/aromatic N) is 2. The van der Waals surface area contributed by atoms with Gasteiger partial charge in [-0.3, -0.25) is 9.40 Å². The number of nitrogens with one attached hydrogen (secondary N) is 1. The van der Waals surface area contributed by atoms with Crippen molar-refractivity contribution in [3.8, 4) is 0 Å². The van der Waals surface area contributed by atoms with E-state index in [0.717, 1.165) is 5.56 Å². The first-order chi connectivity index (χ1) is 11.8. The van der Waals surface area contributed by atoms with Gasteiger partial charge in [0, 0.05) is 17.3 Å². The molecule has 1 N–H and O–H groups in total. The van der Waals surface area contributed by atoms with Crippen LogP contribution in [0.2, 0.25) is 5.02 Å². The van der Waals surface area contributed by atoms with Crippen LogP contribution >= 0.6 is 11.6 Å². The standard InChI is InChI=1S/C18H18ClN3O2S/c1-13-11-17(14(2)10-16(13)19)25(23,24)21-18-8-9-22(20-18)12-15-6-4-3-5-7-15/h3-11H,12H2,1-2H3,(H,20,21). The molecule has 3 rings (SSSR count). The van der Waals surface area contributed by atoms with Crippen LogP contribution in [0.3, 0.4) is 0 Å². The molecule has 3 aromatic rings. The predicted octanol–water partition coefficient (Wildman–Crippen LogP) is 4.00. The number of anilines is 1. The van der Waals surface area contributed by atoms with E-state index in [0.29, 0.717) is 22.7 Å². The summed E-state index contributed by atoms with van der Waals surface area (Å²) in [4.78, 5) is 0.201. The number of hydrogen-bond donors (Lipinski definition) is 1. The van der Waals surface area contributed by atoms with Crippen molar-refractivity contribution in [2.24, 2.45) is 0 Å². The summed E-state index contributed by atoms with van der Waals surface area (Å²) in [6.07, 6.45) is 1.74. The molecule has 0 unspecified atom stereocenters. The highest BCUT2D eigenvalue weighted by atomic mass is 35.5. The van der Waals surface area contributed by atoms with E-state index in [2.05, 4.69) is 9.82 Å². The van der Waals surface area contributed by atoms with Crippen LogP contribution in [0.5, 0.6) is 0 Å². The van der Waals surface area contributed by atoms with Crippen molar-refractivity contribution in [3.63, 3.8) is 0 Å². The third-order valence-corrected chi connectivity index (χ3v) is 5.72. The van der Waals surface area contributed by atoms with E-state index < -0.39 is 10.0 Å². The molecule has 130 valence electrons. The molecule has 0 aliphatic carbocycles. The Balaban J connectivity index is 1.81. The van der Waals surface area contributed by atoms with Crippen LogP contribution in [0.25, 0.3) is 0 Å². The van der Waals surface area contributed by atoms with Gasteiger partial charge in [0.15, 0.2) is 5.82 Å². The van der Waals surface area contributed by atoms with Crippen molar-refractivity contribution in [2.75, 3.05) is 4.72 Å². The van der Waals surface area contributed by atoms with Crippen LogP contribution in [0.4, 0.5) is 5.82 Å². The maximum Gasteiger partial charge on any atom is 0.263 e. The second-order valence-electron chi connectivity index (χ2n) is 5.86. The maximum atomic E-state index is 12.7. The number of aryl methyl sites for hydroxylation is 2. The van der Waals surface area contributed by atoms with Crippen molar-refractivity contribution >= 4 is 27.4 Å². The summed E-state index contributed by atoms with van der Waals surface area (Å²) >= 11 is 6.05. The fraction of sp³-hybridized carbons (Fsp3) is 0.167. The quantitative estimate of drug-likeness (QED) is 0.733. The lowest BCUT2D eigenvalue weighted by Crippen LogP contribution is -2.15. The third-order valence-electron chi connectivity index (χ3n) is 3.81. The molecule has 0 atom stereocenters. The van der Waals surface area contributed by atoms with E-state index in [9.17, 15) is 8.42 Å². The van der Waals surface area contributed by atoms with Gasteiger partial charge in [-0.05, 0) is 42.7 Å². The summed E-state index contributed by atoms with van der Waals surface area (Å²) in [5, 5.41) is 4.83. The predicted molar refractivity (Wildman–Crippen MR) is 99.5 cm³/mol. The third kappa shape index (κ3) is 4.03. The molecule has 5 nitrogen and oxygen atoms in total. The number of halogens is 1. The molecule has 2 aromatic carbocycles. The van der Waals surface area contributed by atoms with E-state index >= 15 is 0 Å². The van der Waals surface area contributed by atoms with Gasteiger partial charge in [-0.25, -0.2) is 8.42 Å². The van der Waals surface area contributed by atoms with Crippen molar-refractivity contribution in [1.82, 2.24) is 9.78 Å². The van der Waals surface area contributed by atoms with E-state index in [1.54, 1.807) is 42.9 Å². The molecule has 7 heteroatoms. The molecular weight excluding hydrogens is 358 g/mol. The van der Waals surface area contributed by atoms with Crippen LogP contribution in [0.15, 0.2) is 59.6 Å². The minimum Gasteiger partial charge on any atom is -0.266 e. The normalized spacial score (nSPS) is 11.5. The second kappa shape index (κ2) is 6.90. The van der Waals surface area contributed by atoms with Gasteiger partial charge in [0.2, 0.25) is 0 Å². The van der Waals surface area contributed by atoms with E-state index in [1.165, 1.54) is 0 Å². The van der Waals surface area contributed by atoms with Crippen molar-refractivity contribution in [2.45, 2.75) is 25.3 Å². The molecular formula is C18H18ClN3O2S. The van der Waals surface area contributed by atoms with Gasteiger partial charge < -0.3 is 0 Å². The molecule has 0 saturated heterocycles. The van der Waals surface area contributed by atoms with Crippen LogP contribution in [-0.4, -0.2) is 18.2 Å². The van der Waals surface area contributed by atoms with Crippen LogP contribution in [0.1, 0.15) is 16.7 Å². The van der Waals surface area contributed by atoms with E-state index in [4.69, 9.17) is 11.6 Å². The Kier molecular flexibility index (Phi) is 4.83. The molecule has 0 aliphatic rings. The molecule has 1 heterocycles. The summed E-state index contributed by atoms with van der Waals surface area (Å²) in [5.74, 6) is 0.280. The van der Waals surface area contributed by atoms with Gasteiger partial charge in [-0.1, -0.05) is 41.9 Å². The zero-order valence-corrected chi connectivity index (χ0v) is 15.5. The topological polar surface area (TPSA) is 64.0 Å². The Labute approximate surface area is 152 Å². The molecule has 0 aliphatic heterocycles. The molecule has 0 saturated carbocycles. The largest absolute Gasteiger partial charge is 0.266 e. The zero-order chi connectivity index (χ0) is 18.0. The fourth-order valence-corrected chi connectivity index (χ4v) is 4.04. The van der Waals surface area contributed by atoms with Gasteiger partial charge in [-0.15, -0.1) is 0 Å². The summed E-state index contributed by atoms with van der Waals surface area (Å²) in [6, 6.07) is 14.7. The van der Waals surface area contributed by atoms with Crippen LogP contribution in [-0.2, 0) is 16.6 Å². The lowest BCUT2D eigenvalue weighted by molar-refractivity contribution is 0.600. The molecule has 0 spiro atoms. The van der Waals surface area contributed by atoms with Crippen LogP contribution < -0.4 is 4.72 Å². The zero-order valence-electron chi connectivity index (χ0n) is 13.9. The summed E-state index contributed by atoms with van der Waals surface area (Å²) in [5.41, 5.74) is 2.39.